The van der Waals surface area contributed by atoms with Gasteiger partial charge >= 0.3 is 0 Å². The molecule has 9 aromatic carbocycles. The van der Waals surface area contributed by atoms with E-state index in [0.29, 0.717) is 17.5 Å². The topological polar surface area (TPSA) is 43.6 Å². The minimum atomic E-state index is 0.599. The van der Waals surface area contributed by atoms with Gasteiger partial charge in [0.1, 0.15) is 0 Å². The van der Waals surface area contributed by atoms with Gasteiger partial charge in [0.2, 0.25) is 0 Å². The molecule has 0 fully saturated rings. The van der Waals surface area contributed by atoms with Gasteiger partial charge in [-0.1, -0.05) is 188 Å². The van der Waals surface area contributed by atoms with Crippen LogP contribution in [-0.2, 0) is 0 Å². The van der Waals surface area contributed by atoms with Gasteiger partial charge in [0, 0.05) is 27.5 Å². The summed E-state index contributed by atoms with van der Waals surface area (Å²) in [4.78, 5) is 16.1. The summed E-state index contributed by atoms with van der Waals surface area (Å²) in [7, 11) is 0. The van der Waals surface area contributed by atoms with E-state index >= 15 is 0 Å². The van der Waals surface area contributed by atoms with Crippen molar-refractivity contribution in [3.63, 3.8) is 0 Å². The molecular weight excluding hydrogens is 717 g/mol. The molecule has 2 heterocycles. The number of fused-ring (bicyclic) bond motifs is 4. The minimum Gasteiger partial charge on any atom is -0.308 e. The molecule has 0 aliphatic carbocycles. The molecule has 0 unspecified atom stereocenters. The van der Waals surface area contributed by atoms with Gasteiger partial charge in [-0.05, 0) is 74.5 Å². The number of rotatable bonds is 7. The Kier molecular flexibility index (Phi) is 8.45. The van der Waals surface area contributed by atoms with Crippen molar-refractivity contribution in [1.29, 1.82) is 0 Å². The summed E-state index contributed by atoms with van der Waals surface area (Å²) in [5.41, 5.74) is 12.8. The van der Waals surface area contributed by atoms with Gasteiger partial charge in [0.15, 0.2) is 17.5 Å². The first-order chi connectivity index (χ1) is 29.3. The van der Waals surface area contributed by atoms with Crippen molar-refractivity contribution in [1.82, 2.24) is 19.5 Å². The summed E-state index contributed by atoms with van der Waals surface area (Å²) in [5, 5.41) is 4.60. The van der Waals surface area contributed by atoms with Crippen molar-refractivity contribution >= 4 is 32.6 Å². The maximum atomic E-state index is 5.42. The highest BCUT2D eigenvalue weighted by molar-refractivity contribution is 6.10. The van der Waals surface area contributed by atoms with Gasteiger partial charge in [0.25, 0.3) is 0 Å². The predicted molar refractivity (Wildman–Crippen MR) is 244 cm³/mol. The van der Waals surface area contributed by atoms with Gasteiger partial charge < -0.3 is 4.57 Å². The molecule has 0 atom stereocenters. The molecule has 0 aliphatic heterocycles. The normalized spacial score (nSPS) is 11.4. The second-order valence-electron chi connectivity index (χ2n) is 14.8. The SMILES string of the molecule is c1ccc(-c2cccc(-c3ccc(-c4nc(-c5ccccc5-c5ccccc5)nc(-c5cccc6ccccc56)n4)c(-n4c5ccccc5c5ccccc54)c3)c2)cc1. The van der Waals surface area contributed by atoms with Crippen molar-refractivity contribution in [2.75, 3.05) is 0 Å². The zero-order valence-corrected chi connectivity index (χ0v) is 32.1. The van der Waals surface area contributed by atoms with E-state index in [1.807, 2.05) is 6.07 Å². The Morgan fingerprint density at radius 2 is 0.729 bits per heavy atom. The predicted octanol–water partition coefficient (Wildman–Crippen LogP) is 14.1. The van der Waals surface area contributed by atoms with Crippen LogP contribution in [0.2, 0.25) is 0 Å². The van der Waals surface area contributed by atoms with Gasteiger partial charge in [-0.3, -0.25) is 0 Å². The minimum absolute atomic E-state index is 0.599. The Balaban J connectivity index is 1.20. The van der Waals surface area contributed by atoms with Crippen LogP contribution in [0.5, 0.6) is 0 Å². The standard InChI is InChI=1S/C55H36N4/c1-3-17-37(18-4-1)40-23-15-24-41(35-40)42-33-34-49(52(36-42)59-50-31-13-11-27-45(50)46-28-12-14-32-51(46)59)55-57-53(47-29-10-9-26-43(47)38-19-5-2-6-20-38)56-54(58-55)48-30-16-22-39-21-7-8-25-44(39)48/h1-36H. The number of hydrogen-bond donors (Lipinski definition) is 0. The fraction of sp³-hybridized carbons (Fsp3) is 0. The van der Waals surface area contributed by atoms with E-state index in [-0.39, 0.29) is 0 Å². The first-order valence-electron chi connectivity index (χ1n) is 19.9. The van der Waals surface area contributed by atoms with Crippen LogP contribution in [0.15, 0.2) is 218 Å². The van der Waals surface area contributed by atoms with Gasteiger partial charge in [-0.25, -0.2) is 15.0 Å². The lowest BCUT2D eigenvalue weighted by atomic mass is 9.97. The summed E-state index contributed by atoms with van der Waals surface area (Å²) < 4.78 is 2.38. The molecule has 0 radical (unpaired) electrons. The molecule has 11 rings (SSSR count). The van der Waals surface area contributed by atoms with Crippen LogP contribution in [0, 0.1) is 0 Å². The highest BCUT2D eigenvalue weighted by Gasteiger charge is 2.22. The summed E-state index contributed by atoms with van der Waals surface area (Å²) in [6.45, 7) is 0. The summed E-state index contributed by atoms with van der Waals surface area (Å²) in [6.07, 6.45) is 0. The average molecular weight is 753 g/mol. The van der Waals surface area contributed by atoms with E-state index in [2.05, 4.69) is 217 Å². The van der Waals surface area contributed by atoms with Crippen LogP contribution >= 0.6 is 0 Å². The molecule has 0 saturated heterocycles. The molecule has 0 aliphatic rings. The van der Waals surface area contributed by atoms with E-state index in [0.717, 1.165) is 66.4 Å². The third-order valence-corrected chi connectivity index (χ3v) is 11.3. The molecule has 4 heteroatoms. The lowest BCUT2D eigenvalue weighted by Gasteiger charge is -2.17. The Morgan fingerprint density at radius 3 is 1.44 bits per heavy atom. The third kappa shape index (κ3) is 6.15. The highest BCUT2D eigenvalue weighted by Crippen LogP contribution is 2.40. The third-order valence-electron chi connectivity index (χ3n) is 11.3. The second-order valence-corrected chi connectivity index (χ2v) is 14.8. The maximum Gasteiger partial charge on any atom is 0.166 e. The Labute approximate surface area is 342 Å². The molecule has 0 amide bonds. The van der Waals surface area contributed by atoms with Crippen LogP contribution in [0.4, 0.5) is 0 Å². The molecule has 4 nitrogen and oxygen atoms in total. The molecule has 59 heavy (non-hydrogen) atoms. The molecule has 11 aromatic rings. The van der Waals surface area contributed by atoms with Gasteiger partial charge in [-0.2, -0.15) is 0 Å². The van der Waals surface area contributed by atoms with Gasteiger partial charge in [0.05, 0.1) is 16.7 Å². The molecule has 2 aromatic heterocycles. The fourth-order valence-corrected chi connectivity index (χ4v) is 8.48. The Morgan fingerprint density at radius 1 is 0.271 bits per heavy atom. The highest BCUT2D eigenvalue weighted by atomic mass is 15.1. The Bertz CT molecular complexity index is 3270. The van der Waals surface area contributed by atoms with Crippen molar-refractivity contribution in [3.8, 4) is 73.2 Å². The summed E-state index contributed by atoms with van der Waals surface area (Å²) in [5.74, 6) is 1.84. The van der Waals surface area contributed by atoms with Crippen LogP contribution in [0.25, 0.3) is 106 Å². The monoisotopic (exact) mass is 752 g/mol. The zero-order valence-electron chi connectivity index (χ0n) is 32.1. The summed E-state index contributed by atoms with van der Waals surface area (Å²) in [6, 6.07) is 77.0. The molecular formula is C55H36N4. The number of nitrogens with zero attached hydrogens (tertiary/aromatic N) is 4. The number of hydrogen-bond acceptors (Lipinski definition) is 3. The molecule has 0 bridgehead atoms. The largest absolute Gasteiger partial charge is 0.308 e. The van der Waals surface area contributed by atoms with Crippen molar-refractivity contribution in [2.45, 2.75) is 0 Å². The second kappa shape index (κ2) is 14.5. The van der Waals surface area contributed by atoms with Crippen molar-refractivity contribution in [2.24, 2.45) is 0 Å². The molecule has 0 saturated carbocycles. The van der Waals surface area contributed by atoms with Crippen LogP contribution < -0.4 is 0 Å². The number of para-hydroxylation sites is 2. The molecule has 0 spiro atoms. The van der Waals surface area contributed by atoms with Gasteiger partial charge in [-0.15, -0.1) is 0 Å². The van der Waals surface area contributed by atoms with E-state index in [4.69, 9.17) is 15.0 Å². The smallest absolute Gasteiger partial charge is 0.166 e. The van der Waals surface area contributed by atoms with Crippen molar-refractivity contribution < 1.29 is 0 Å². The Hall–Kier alpha value is -7.95. The first kappa shape index (κ1) is 34.3. The summed E-state index contributed by atoms with van der Waals surface area (Å²) >= 11 is 0. The van der Waals surface area contributed by atoms with Crippen LogP contribution in [0.3, 0.4) is 0 Å². The maximum absolute atomic E-state index is 5.42. The van der Waals surface area contributed by atoms with Crippen LogP contribution in [0.1, 0.15) is 0 Å². The van der Waals surface area contributed by atoms with Crippen molar-refractivity contribution in [3.05, 3.63) is 218 Å². The van der Waals surface area contributed by atoms with Crippen LogP contribution in [-0.4, -0.2) is 19.5 Å². The lowest BCUT2D eigenvalue weighted by Crippen LogP contribution is -2.04. The van der Waals surface area contributed by atoms with E-state index < -0.39 is 0 Å². The number of aromatic nitrogens is 4. The first-order valence-corrected chi connectivity index (χ1v) is 19.9. The zero-order chi connectivity index (χ0) is 39.1. The number of benzene rings is 9. The average Bonchev–Trinajstić information content (AvgIpc) is 3.66. The van der Waals surface area contributed by atoms with E-state index in [1.54, 1.807) is 0 Å². The van der Waals surface area contributed by atoms with E-state index in [1.165, 1.54) is 21.9 Å². The quantitative estimate of drug-likeness (QED) is 0.163. The lowest BCUT2D eigenvalue weighted by molar-refractivity contribution is 1.07. The molecule has 0 N–H and O–H groups in total. The fourth-order valence-electron chi connectivity index (χ4n) is 8.48. The van der Waals surface area contributed by atoms with E-state index in [9.17, 15) is 0 Å². The molecule has 276 valence electrons.